The predicted molar refractivity (Wildman–Crippen MR) is 91.1 cm³/mol. The van der Waals surface area contributed by atoms with Gasteiger partial charge in [-0.3, -0.25) is 0 Å². The van der Waals surface area contributed by atoms with Crippen LogP contribution < -0.4 is 10.2 Å². The summed E-state index contributed by atoms with van der Waals surface area (Å²) in [6, 6.07) is 15.3. The number of nitrogens with zero attached hydrogens (tertiary/aromatic N) is 1. The molecule has 1 aliphatic rings. The largest absolute Gasteiger partial charge is 0.379 e. The monoisotopic (exact) mass is 280 g/mol. The zero-order valence-corrected chi connectivity index (χ0v) is 13.0. The molecule has 0 amide bonds. The summed E-state index contributed by atoms with van der Waals surface area (Å²) in [4.78, 5) is 2.49. The number of benzene rings is 2. The van der Waals surface area contributed by atoms with Crippen molar-refractivity contribution in [3.05, 3.63) is 59.2 Å². The Balaban J connectivity index is 1.75. The van der Waals surface area contributed by atoms with E-state index < -0.39 is 0 Å². The lowest BCUT2D eigenvalue weighted by Crippen LogP contribution is -2.19. The lowest BCUT2D eigenvalue weighted by Gasteiger charge is -2.22. The molecule has 0 radical (unpaired) electrons. The molecule has 0 unspecified atom stereocenters. The molecule has 0 aliphatic carbocycles. The van der Waals surface area contributed by atoms with E-state index in [9.17, 15) is 0 Å². The van der Waals surface area contributed by atoms with E-state index in [1.807, 2.05) is 0 Å². The first kappa shape index (κ1) is 14.0. The number of hydrogen-bond donors (Lipinski definition) is 1. The van der Waals surface area contributed by atoms with Crippen molar-refractivity contribution in [3.8, 4) is 0 Å². The molecule has 1 aliphatic heterocycles. The van der Waals surface area contributed by atoms with Crippen LogP contribution in [0.1, 0.15) is 29.5 Å². The van der Waals surface area contributed by atoms with E-state index in [0.29, 0.717) is 0 Å². The highest BCUT2D eigenvalue weighted by atomic mass is 15.2. The molecular weight excluding hydrogens is 256 g/mol. The van der Waals surface area contributed by atoms with Crippen molar-refractivity contribution in [2.75, 3.05) is 23.3 Å². The summed E-state index contributed by atoms with van der Waals surface area (Å²) in [5, 5.41) is 3.63. The Bertz CT molecular complexity index is 613. The first-order valence-corrected chi connectivity index (χ1v) is 7.88. The molecule has 1 fully saturated rings. The lowest BCUT2D eigenvalue weighted by atomic mass is 10.1. The smallest absolute Gasteiger partial charge is 0.0602 e. The number of aryl methyl sites for hydroxylation is 2. The molecule has 110 valence electrons. The Morgan fingerprint density at radius 2 is 1.76 bits per heavy atom. The van der Waals surface area contributed by atoms with Crippen LogP contribution in [0, 0.1) is 13.8 Å². The van der Waals surface area contributed by atoms with Crippen molar-refractivity contribution in [1.82, 2.24) is 0 Å². The minimum atomic E-state index is 0.886. The zero-order valence-electron chi connectivity index (χ0n) is 13.0. The maximum absolute atomic E-state index is 3.63. The molecule has 21 heavy (non-hydrogen) atoms. The van der Waals surface area contributed by atoms with Gasteiger partial charge in [-0.15, -0.1) is 0 Å². The van der Waals surface area contributed by atoms with Crippen LogP contribution in [-0.2, 0) is 6.54 Å². The molecule has 1 saturated heterocycles. The van der Waals surface area contributed by atoms with E-state index >= 15 is 0 Å². The molecule has 1 heterocycles. The van der Waals surface area contributed by atoms with Gasteiger partial charge in [-0.25, -0.2) is 0 Å². The molecule has 0 atom stereocenters. The van der Waals surface area contributed by atoms with Crippen LogP contribution in [0.4, 0.5) is 11.4 Å². The van der Waals surface area contributed by atoms with Crippen LogP contribution in [0.25, 0.3) is 0 Å². The highest BCUT2D eigenvalue weighted by Crippen LogP contribution is 2.29. The van der Waals surface area contributed by atoms with E-state index in [4.69, 9.17) is 0 Å². The maximum atomic E-state index is 3.63. The molecular formula is C19H24N2. The standard InChI is InChI=1S/C19H24N2/c1-15-9-10-17(16(2)13-15)14-20-18-7-3-4-8-19(18)21-11-5-6-12-21/h3-4,7-10,13,20H,5-6,11-12,14H2,1-2H3. The fraction of sp³-hybridized carbons (Fsp3) is 0.368. The van der Waals surface area contributed by atoms with Gasteiger partial charge in [0, 0.05) is 19.6 Å². The van der Waals surface area contributed by atoms with E-state index in [2.05, 4.69) is 66.5 Å². The number of para-hydroxylation sites is 2. The van der Waals surface area contributed by atoms with Crippen molar-refractivity contribution in [2.24, 2.45) is 0 Å². The predicted octanol–water partition coefficient (Wildman–Crippen LogP) is 4.52. The highest BCUT2D eigenvalue weighted by molar-refractivity contribution is 5.70. The van der Waals surface area contributed by atoms with Crippen LogP contribution in [-0.4, -0.2) is 13.1 Å². The average Bonchev–Trinajstić information content (AvgIpc) is 3.01. The van der Waals surface area contributed by atoms with Crippen molar-refractivity contribution < 1.29 is 0 Å². The summed E-state index contributed by atoms with van der Waals surface area (Å²) in [5.41, 5.74) is 6.66. The van der Waals surface area contributed by atoms with Gasteiger partial charge < -0.3 is 10.2 Å². The number of nitrogens with one attached hydrogen (secondary N) is 1. The third-order valence-electron chi connectivity index (χ3n) is 4.32. The Kier molecular flexibility index (Phi) is 4.14. The van der Waals surface area contributed by atoms with E-state index in [-0.39, 0.29) is 0 Å². The van der Waals surface area contributed by atoms with Crippen molar-refractivity contribution in [1.29, 1.82) is 0 Å². The van der Waals surface area contributed by atoms with Gasteiger partial charge in [0.2, 0.25) is 0 Å². The van der Waals surface area contributed by atoms with E-state index in [1.165, 1.54) is 54.0 Å². The molecule has 2 aromatic carbocycles. The zero-order chi connectivity index (χ0) is 14.7. The van der Waals surface area contributed by atoms with E-state index in [1.54, 1.807) is 0 Å². The van der Waals surface area contributed by atoms with Crippen molar-refractivity contribution in [2.45, 2.75) is 33.2 Å². The lowest BCUT2D eigenvalue weighted by molar-refractivity contribution is 0.949. The molecule has 1 N–H and O–H groups in total. The fourth-order valence-corrected chi connectivity index (χ4v) is 3.09. The van der Waals surface area contributed by atoms with Gasteiger partial charge >= 0.3 is 0 Å². The number of anilines is 2. The van der Waals surface area contributed by atoms with Gasteiger partial charge in [0.15, 0.2) is 0 Å². The topological polar surface area (TPSA) is 15.3 Å². The fourth-order valence-electron chi connectivity index (χ4n) is 3.09. The Morgan fingerprint density at radius 1 is 1.00 bits per heavy atom. The Labute approximate surface area is 127 Å². The molecule has 0 bridgehead atoms. The summed E-state index contributed by atoms with van der Waals surface area (Å²) >= 11 is 0. The van der Waals surface area contributed by atoms with Gasteiger partial charge in [-0.2, -0.15) is 0 Å². The van der Waals surface area contributed by atoms with Crippen LogP contribution >= 0.6 is 0 Å². The van der Waals surface area contributed by atoms with Crippen LogP contribution in [0.2, 0.25) is 0 Å². The normalized spacial score (nSPS) is 14.5. The molecule has 0 spiro atoms. The minimum absolute atomic E-state index is 0.886. The first-order valence-electron chi connectivity index (χ1n) is 7.88. The van der Waals surface area contributed by atoms with Gasteiger partial charge in [0.25, 0.3) is 0 Å². The summed E-state index contributed by atoms with van der Waals surface area (Å²) < 4.78 is 0. The second-order valence-corrected chi connectivity index (χ2v) is 5.99. The molecule has 2 aromatic rings. The molecule has 0 saturated carbocycles. The maximum Gasteiger partial charge on any atom is 0.0602 e. The van der Waals surface area contributed by atoms with Gasteiger partial charge in [0.1, 0.15) is 0 Å². The quantitative estimate of drug-likeness (QED) is 0.886. The summed E-state index contributed by atoms with van der Waals surface area (Å²) in [6.07, 6.45) is 2.62. The van der Waals surface area contributed by atoms with Gasteiger partial charge in [0.05, 0.1) is 11.4 Å². The number of rotatable bonds is 4. The summed E-state index contributed by atoms with van der Waals surface area (Å²) in [6.45, 7) is 7.59. The second kappa shape index (κ2) is 6.21. The molecule has 2 nitrogen and oxygen atoms in total. The SMILES string of the molecule is Cc1ccc(CNc2ccccc2N2CCCC2)c(C)c1. The molecule has 3 rings (SSSR count). The van der Waals surface area contributed by atoms with Crippen molar-refractivity contribution in [3.63, 3.8) is 0 Å². The molecule has 0 aromatic heterocycles. The second-order valence-electron chi connectivity index (χ2n) is 5.99. The van der Waals surface area contributed by atoms with Crippen LogP contribution in [0.3, 0.4) is 0 Å². The average molecular weight is 280 g/mol. The molecule has 2 heteroatoms. The third-order valence-corrected chi connectivity index (χ3v) is 4.32. The summed E-state index contributed by atoms with van der Waals surface area (Å²) in [7, 11) is 0. The summed E-state index contributed by atoms with van der Waals surface area (Å²) in [5.74, 6) is 0. The third kappa shape index (κ3) is 3.21. The number of hydrogen-bond acceptors (Lipinski definition) is 2. The highest BCUT2D eigenvalue weighted by Gasteiger charge is 2.15. The van der Waals surface area contributed by atoms with E-state index in [0.717, 1.165) is 6.54 Å². The van der Waals surface area contributed by atoms with Gasteiger partial charge in [-0.1, -0.05) is 35.9 Å². The first-order chi connectivity index (χ1) is 10.2. The van der Waals surface area contributed by atoms with Crippen molar-refractivity contribution >= 4 is 11.4 Å². The van der Waals surface area contributed by atoms with Crippen LogP contribution in [0.15, 0.2) is 42.5 Å². The Morgan fingerprint density at radius 3 is 2.52 bits per heavy atom. The van der Waals surface area contributed by atoms with Gasteiger partial charge in [-0.05, 0) is 49.9 Å². The van der Waals surface area contributed by atoms with Crippen LogP contribution in [0.5, 0.6) is 0 Å². The minimum Gasteiger partial charge on any atom is -0.379 e. The Hall–Kier alpha value is -1.96.